The molecule has 2 aromatic rings. The molecule has 22 heavy (non-hydrogen) atoms. The zero-order valence-corrected chi connectivity index (χ0v) is 13.4. The van der Waals surface area contributed by atoms with Gasteiger partial charge in [0.15, 0.2) is 5.82 Å². The van der Waals surface area contributed by atoms with Crippen LogP contribution in [0.15, 0.2) is 24.4 Å². The number of likely N-dealkylation sites (N-methyl/N-ethyl adjacent to an activating group) is 1. The number of anilines is 3. The number of aryl methyl sites for hydroxylation is 2. The van der Waals surface area contributed by atoms with Gasteiger partial charge in [-0.15, -0.1) is 5.10 Å². The summed E-state index contributed by atoms with van der Waals surface area (Å²) in [6, 6.07) is 6.28. The van der Waals surface area contributed by atoms with Gasteiger partial charge in [0.2, 0.25) is 5.95 Å². The molecule has 6 heteroatoms. The highest BCUT2D eigenvalue weighted by Crippen LogP contribution is 2.19. The van der Waals surface area contributed by atoms with Crippen molar-refractivity contribution in [2.45, 2.75) is 13.8 Å². The molecule has 1 aliphatic heterocycles. The van der Waals surface area contributed by atoms with Crippen LogP contribution in [0, 0.1) is 13.8 Å². The molecule has 1 fully saturated rings. The van der Waals surface area contributed by atoms with Gasteiger partial charge in [-0.2, -0.15) is 10.1 Å². The van der Waals surface area contributed by atoms with E-state index >= 15 is 0 Å². The van der Waals surface area contributed by atoms with Crippen LogP contribution < -0.4 is 10.2 Å². The minimum Gasteiger partial charge on any atom is -0.339 e. The van der Waals surface area contributed by atoms with Crippen LogP contribution in [-0.2, 0) is 0 Å². The van der Waals surface area contributed by atoms with Gasteiger partial charge in [-0.3, -0.25) is 0 Å². The van der Waals surface area contributed by atoms with Gasteiger partial charge in [0.25, 0.3) is 0 Å². The van der Waals surface area contributed by atoms with E-state index in [0.29, 0.717) is 5.95 Å². The Morgan fingerprint density at radius 2 is 1.82 bits per heavy atom. The van der Waals surface area contributed by atoms with Gasteiger partial charge in [0.1, 0.15) is 0 Å². The molecule has 1 aromatic carbocycles. The fraction of sp³-hybridized carbons (Fsp3) is 0.438. The summed E-state index contributed by atoms with van der Waals surface area (Å²) >= 11 is 0. The second-order valence-corrected chi connectivity index (χ2v) is 5.86. The fourth-order valence-corrected chi connectivity index (χ4v) is 2.46. The van der Waals surface area contributed by atoms with Crippen LogP contribution in [0.5, 0.6) is 0 Å². The van der Waals surface area contributed by atoms with Gasteiger partial charge in [-0.1, -0.05) is 6.07 Å². The Bertz CT molecular complexity index is 649. The van der Waals surface area contributed by atoms with E-state index in [1.54, 1.807) is 6.20 Å². The molecule has 3 rings (SSSR count). The predicted molar refractivity (Wildman–Crippen MR) is 88.7 cm³/mol. The second kappa shape index (κ2) is 6.27. The van der Waals surface area contributed by atoms with E-state index in [2.05, 4.69) is 69.4 Å². The van der Waals surface area contributed by atoms with Crippen LogP contribution in [0.1, 0.15) is 11.1 Å². The maximum absolute atomic E-state index is 4.59. The second-order valence-electron chi connectivity index (χ2n) is 5.86. The number of hydrogen-bond acceptors (Lipinski definition) is 6. The lowest BCUT2D eigenvalue weighted by atomic mass is 10.1. The Hall–Kier alpha value is -2.21. The smallest absolute Gasteiger partial charge is 0.247 e. The third-order valence-corrected chi connectivity index (χ3v) is 4.11. The molecule has 1 N–H and O–H groups in total. The standard InChI is InChI=1S/C16H22N6/c1-12-4-5-14(10-13(12)2)18-15-11-17-20-16(19-15)22-8-6-21(3)7-9-22/h4-5,10-11H,6-9H2,1-3H3,(H,18,19,20). The zero-order chi connectivity index (χ0) is 15.5. The fourth-order valence-electron chi connectivity index (χ4n) is 2.46. The maximum Gasteiger partial charge on any atom is 0.247 e. The van der Waals surface area contributed by atoms with Crippen LogP contribution in [0.25, 0.3) is 0 Å². The predicted octanol–water partition coefficient (Wildman–Crippen LogP) is 1.98. The van der Waals surface area contributed by atoms with Crippen LogP contribution in [0.2, 0.25) is 0 Å². The van der Waals surface area contributed by atoms with Crippen LogP contribution in [0.3, 0.4) is 0 Å². The first kappa shape index (κ1) is 14.7. The van der Waals surface area contributed by atoms with Gasteiger partial charge in [-0.05, 0) is 44.2 Å². The third kappa shape index (κ3) is 3.33. The summed E-state index contributed by atoms with van der Waals surface area (Å²) < 4.78 is 0. The highest BCUT2D eigenvalue weighted by molar-refractivity contribution is 5.58. The molecule has 1 saturated heterocycles. The molecule has 116 valence electrons. The molecule has 0 radical (unpaired) electrons. The van der Waals surface area contributed by atoms with E-state index in [4.69, 9.17) is 0 Å². The lowest BCUT2D eigenvalue weighted by Gasteiger charge is -2.32. The van der Waals surface area contributed by atoms with E-state index in [-0.39, 0.29) is 0 Å². The van der Waals surface area contributed by atoms with Gasteiger partial charge in [-0.25, -0.2) is 0 Å². The van der Waals surface area contributed by atoms with Gasteiger partial charge < -0.3 is 15.1 Å². The number of nitrogens with zero attached hydrogens (tertiary/aromatic N) is 5. The van der Waals surface area contributed by atoms with Crippen molar-refractivity contribution in [2.75, 3.05) is 43.4 Å². The summed E-state index contributed by atoms with van der Waals surface area (Å²) in [5, 5.41) is 11.6. The van der Waals surface area contributed by atoms with Crippen LogP contribution in [-0.4, -0.2) is 53.3 Å². The highest BCUT2D eigenvalue weighted by Gasteiger charge is 2.17. The summed E-state index contributed by atoms with van der Waals surface area (Å²) in [6.07, 6.45) is 1.66. The summed E-state index contributed by atoms with van der Waals surface area (Å²) in [7, 11) is 2.13. The highest BCUT2D eigenvalue weighted by atomic mass is 15.4. The SMILES string of the molecule is Cc1ccc(Nc2cnnc(N3CCN(C)CC3)n2)cc1C. The zero-order valence-electron chi connectivity index (χ0n) is 13.4. The lowest BCUT2D eigenvalue weighted by Crippen LogP contribution is -2.45. The molecule has 0 atom stereocenters. The first-order chi connectivity index (χ1) is 10.6. The number of piperazine rings is 1. The van der Waals surface area contributed by atoms with Crippen LogP contribution >= 0.6 is 0 Å². The van der Waals surface area contributed by atoms with Crippen molar-refractivity contribution < 1.29 is 0 Å². The molecule has 0 saturated carbocycles. The molecule has 0 amide bonds. The van der Waals surface area contributed by atoms with E-state index in [9.17, 15) is 0 Å². The molecular formula is C16H22N6. The van der Waals surface area contributed by atoms with Gasteiger partial charge >= 0.3 is 0 Å². The molecule has 1 aliphatic rings. The normalized spacial score (nSPS) is 15.9. The quantitative estimate of drug-likeness (QED) is 0.935. The first-order valence-electron chi connectivity index (χ1n) is 7.59. The number of aromatic nitrogens is 3. The Morgan fingerprint density at radius 3 is 2.55 bits per heavy atom. The average molecular weight is 298 g/mol. The van der Waals surface area contributed by atoms with Crippen molar-refractivity contribution in [2.24, 2.45) is 0 Å². The molecule has 0 unspecified atom stereocenters. The van der Waals surface area contributed by atoms with E-state index in [0.717, 1.165) is 37.7 Å². The Labute approximate surface area is 131 Å². The summed E-state index contributed by atoms with van der Waals surface area (Å²) in [5.74, 6) is 1.43. The number of benzene rings is 1. The summed E-state index contributed by atoms with van der Waals surface area (Å²) in [5.41, 5.74) is 3.56. The Balaban J connectivity index is 1.74. The van der Waals surface area contributed by atoms with Crippen molar-refractivity contribution >= 4 is 17.5 Å². The third-order valence-electron chi connectivity index (χ3n) is 4.11. The number of rotatable bonds is 3. The molecular weight excluding hydrogens is 276 g/mol. The maximum atomic E-state index is 4.59. The minimum absolute atomic E-state index is 0.696. The van der Waals surface area contributed by atoms with Gasteiger partial charge in [0, 0.05) is 31.9 Å². The number of hydrogen-bond donors (Lipinski definition) is 1. The van der Waals surface area contributed by atoms with Crippen molar-refractivity contribution in [3.8, 4) is 0 Å². The Kier molecular flexibility index (Phi) is 4.20. The van der Waals surface area contributed by atoms with E-state index < -0.39 is 0 Å². The van der Waals surface area contributed by atoms with Crippen molar-refractivity contribution in [1.29, 1.82) is 0 Å². The number of nitrogens with one attached hydrogen (secondary N) is 1. The topological polar surface area (TPSA) is 57.2 Å². The molecule has 0 aliphatic carbocycles. The van der Waals surface area contributed by atoms with E-state index in [1.165, 1.54) is 11.1 Å². The van der Waals surface area contributed by atoms with Crippen molar-refractivity contribution in [3.63, 3.8) is 0 Å². The van der Waals surface area contributed by atoms with Crippen molar-refractivity contribution in [3.05, 3.63) is 35.5 Å². The first-order valence-corrected chi connectivity index (χ1v) is 7.59. The summed E-state index contributed by atoms with van der Waals surface area (Å²) in [6.45, 7) is 8.14. The van der Waals surface area contributed by atoms with Crippen LogP contribution in [0.4, 0.5) is 17.5 Å². The molecule has 0 bridgehead atoms. The largest absolute Gasteiger partial charge is 0.339 e. The molecule has 2 heterocycles. The molecule has 1 aromatic heterocycles. The molecule has 6 nitrogen and oxygen atoms in total. The lowest BCUT2D eigenvalue weighted by molar-refractivity contribution is 0.311. The Morgan fingerprint density at radius 1 is 1.05 bits per heavy atom. The molecule has 0 spiro atoms. The average Bonchev–Trinajstić information content (AvgIpc) is 2.52. The van der Waals surface area contributed by atoms with Crippen molar-refractivity contribution in [1.82, 2.24) is 20.1 Å². The van der Waals surface area contributed by atoms with Gasteiger partial charge in [0.05, 0.1) is 6.20 Å². The minimum atomic E-state index is 0.696. The monoisotopic (exact) mass is 298 g/mol. The summed E-state index contributed by atoms with van der Waals surface area (Å²) in [4.78, 5) is 9.08. The van der Waals surface area contributed by atoms with E-state index in [1.807, 2.05) is 0 Å².